The third kappa shape index (κ3) is 12.1. The molecule has 3 N–H and O–H groups in total. The van der Waals surface area contributed by atoms with Gasteiger partial charge in [-0.05, 0) is 66.8 Å². The molecule has 50 heavy (non-hydrogen) atoms. The summed E-state index contributed by atoms with van der Waals surface area (Å²) in [5, 5.41) is 21.0. The van der Waals surface area contributed by atoms with Crippen LogP contribution >= 0.6 is 11.6 Å². The Balaban J connectivity index is 0.000000194. The highest BCUT2D eigenvalue weighted by molar-refractivity contribution is 6.29. The number of carbonyl (C=O) groups is 2. The van der Waals surface area contributed by atoms with Gasteiger partial charge in [0.2, 0.25) is 0 Å². The largest absolute Gasteiger partial charge is 0.445 e. The van der Waals surface area contributed by atoms with Gasteiger partial charge in [-0.2, -0.15) is 5.10 Å². The Morgan fingerprint density at radius 2 is 1.16 bits per heavy atom. The van der Waals surface area contributed by atoms with E-state index >= 15 is 0 Å². The summed E-state index contributed by atoms with van der Waals surface area (Å²) in [5.74, 6) is 2.33. The van der Waals surface area contributed by atoms with E-state index in [0.717, 1.165) is 49.9 Å². The molecule has 2 fully saturated rings. The van der Waals surface area contributed by atoms with Crippen molar-refractivity contribution in [1.82, 2.24) is 30.2 Å². The molecule has 4 heterocycles. The maximum Gasteiger partial charge on any atom is 0.410 e. The number of rotatable bonds is 10. The maximum atomic E-state index is 12.1. The number of piperidine rings is 2. The van der Waals surface area contributed by atoms with Crippen molar-refractivity contribution in [3.63, 3.8) is 0 Å². The molecule has 0 spiro atoms. The van der Waals surface area contributed by atoms with E-state index in [1.165, 1.54) is 6.07 Å². The summed E-state index contributed by atoms with van der Waals surface area (Å²) in [6.07, 6.45) is 3.22. The Hall–Kier alpha value is -5.17. The number of likely N-dealkylation sites (tertiary alicyclic amines) is 2. The van der Waals surface area contributed by atoms with Crippen LogP contribution in [-0.2, 0) is 22.7 Å². The number of carbonyl (C=O) groups excluding carboxylic acids is 2. The summed E-state index contributed by atoms with van der Waals surface area (Å²) in [6.45, 7) is 5.02. The second-order valence-electron chi connectivity index (χ2n) is 12.3. The molecule has 2 aromatic carbocycles. The van der Waals surface area contributed by atoms with Gasteiger partial charge in [0.05, 0.1) is 0 Å². The van der Waals surface area contributed by atoms with Crippen LogP contribution in [-0.4, -0.2) is 81.6 Å². The molecule has 0 aliphatic carbocycles. The maximum absolute atomic E-state index is 12.1. The third-order valence-electron chi connectivity index (χ3n) is 8.61. The zero-order chi connectivity index (χ0) is 35.0. The molecule has 2 saturated heterocycles. The van der Waals surface area contributed by atoms with Crippen LogP contribution < -0.4 is 16.2 Å². The summed E-state index contributed by atoms with van der Waals surface area (Å²) < 4.78 is 10.8. The number of ether oxygens (including phenoxy) is 2. The smallest absolute Gasteiger partial charge is 0.410 e. The van der Waals surface area contributed by atoms with Gasteiger partial charge in [0.1, 0.15) is 24.8 Å². The van der Waals surface area contributed by atoms with Crippen molar-refractivity contribution in [2.75, 3.05) is 49.9 Å². The van der Waals surface area contributed by atoms with Gasteiger partial charge in [0.25, 0.3) is 5.56 Å². The minimum absolute atomic E-state index is 0.215. The number of H-pyrrole nitrogens is 1. The molecule has 0 saturated carbocycles. The van der Waals surface area contributed by atoms with E-state index in [1.807, 2.05) is 66.7 Å². The zero-order valence-corrected chi connectivity index (χ0v) is 28.6. The molecule has 2 amide bonds. The Labute approximate surface area is 296 Å². The second kappa shape index (κ2) is 19.1. The zero-order valence-electron chi connectivity index (χ0n) is 27.9. The molecule has 0 atom stereocenters. The highest BCUT2D eigenvalue weighted by Gasteiger charge is 2.25. The van der Waals surface area contributed by atoms with Gasteiger partial charge in [0, 0.05) is 45.3 Å². The first kappa shape index (κ1) is 36.1. The lowest BCUT2D eigenvalue weighted by molar-refractivity contribution is 0.0826. The van der Waals surface area contributed by atoms with Crippen LogP contribution in [0.25, 0.3) is 0 Å². The average molecular weight is 703 g/mol. The number of benzene rings is 2. The fourth-order valence-electron chi connectivity index (χ4n) is 5.61. The van der Waals surface area contributed by atoms with Crippen LogP contribution in [0.5, 0.6) is 0 Å². The topological polar surface area (TPSA) is 155 Å². The first-order valence-corrected chi connectivity index (χ1v) is 17.2. The van der Waals surface area contributed by atoms with Crippen LogP contribution in [0.15, 0.2) is 89.7 Å². The first-order valence-electron chi connectivity index (χ1n) is 16.8. The number of anilines is 2. The van der Waals surface area contributed by atoms with Gasteiger partial charge >= 0.3 is 12.2 Å². The fourth-order valence-corrected chi connectivity index (χ4v) is 5.71. The van der Waals surface area contributed by atoms with Crippen molar-refractivity contribution in [3.8, 4) is 0 Å². The summed E-state index contributed by atoms with van der Waals surface area (Å²) in [6, 6.07) is 26.0. The molecule has 2 aliphatic heterocycles. The van der Waals surface area contributed by atoms with E-state index in [2.05, 4.69) is 31.0 Å². The number of hydrogen-bond acceptors (Lipinski definition) is 10. The summed E-state index contributed by atoms with van der Waals surface area (Å²) in [5.41, 5.74) is 1.77. The molecule has 6 rings (SSSR count). The standard InChI is InChI=1S/C18H21ClN4O2.C18H22N4O3/c19-16-6-7-17(22-21-16)20-12-14-8-10-23(11-9-14)18(24)25-13-15-4-2-1-3-5-15;23-17-7-6-16(20-21-17)19-12-14-8-10-22(11-9-14)18(24)25-13-15-4-2-1-3-5-15/h1-7,14H,8-13H2,(H,20,22);1-7,14H,8-13H2,(H,19,20)(H,21,23). The number of hydrogen-bond donors (Lipinski definition) is 3. The summed E-state index contributed by atoms with van der Waals surface area (Å²) >= 11 is 5.72. The Kier molecular flexibility index (Phi) is 13.8. The van der Waals surface area contributed by atoms with Crippen molar-refractivity contribution in [1.29, 1.82) is 0 Å². The molecule has 0 radical (unpaired) electrons. The summed E-state index contributed by atoms with van der Waals surface area (Å²) in [4.78, 5) is 38.8. The second-order valence-corrected chi connectivity index (χ2v) is 12.6. The van der Waals surface area contributed by atoms with Crippen molar-refractivity contribution < 1.29 is 19.1 Å². The van der Waals surface area contributed by atoms with E-state index in [-0.39, 0.29) is 17.7 Å². The van der Waals surface area contributed by atoms with Crippen molar-refractivity contribution >= 4 is 35.4 Å². The lowest BCUT2D eigenvalue weighted by Gasteiger charge is -2.31. The lowest BCUT2D eigenvalue weighted by Crippen LogP contribution is -2.40. The van der Waals surface area contributed by atoms with E-state index in [0.29, 0.717) is 68.0 Å². The minimum Gasteiger partial charge on any atom is -0.445 e. The van der Waals surface area contributed by atoms with Crippen molar-refractivity contribution in [2.24, 2.45) is 11.8 Å². The van der Waals surface area contributed by atoms with Gasteiger partial charge < -0.3 is 29.9 Å². The molecule has 14 heteroatoms. The molecular weight excluding hydrogens is 660 g/mol. The van der Waals surface area contributed by atoms with Gasteiger partial charge in [-0.25, -0.2) is 14.7 Å². The predicted molar refractivity (Wildman–Crippen MR) is 191 cm³/mol. The molecule has 13 nitrogen and oxygen atoms in total. The van der Waals surface area contributed by atoms with Gasteiger partial charge in [-0.15, -0.1) is 10.2 Å². The van der Waals surface area contributed by atoms with Gasteiger partial charge in [-0.1, -0.05) is 72.3 Å². The molecule has 4 aromatic rings. The average Bonchev–Trinajstić information content (AvgIpc) is 3.17. The SMILES string of the molecule is O=C(OCc1ccccc1)N1CCC(CNc2ccc(=O)[nH]n2)CC1.O=C(OCc1ccccc1)N1CCC(CNc2ccc(Cl)nn2)CC1. The third-order valence-corrected chi connectivity index (χ3v) is 8.81. The highest BCUT2D eigenvalue weighted by Crippen LogP contribution is 2.20. The van der Waals surface area contributed by atoms with Crippen LogP contribution in [0, 0.1) is 11.8 Å². The number of nitrogens with zero attached hydrogens (tertiary/aromatic N) is 5. The predicted octanol–water partition coefficient (Wildman–Crippen LogP) is 5.82. The van der Waals surface area contributed by atoms with Crippen LogP contribution in [0.2, 0.25) is 5.15 Å². The van der Waals surface area contributed by atoms with E-state index in [4.69, 9.17) is 21.1 Å². The highest BCUT2D eigenvalue weighted by atomic mass is 35.5. The monoisotopic (exact) mass is 702 g/mol. The normalized spacial score (nSPS) is 15.0. The molecular formula is C36H43ClN8O5. The molecule has 2 aliphatic rings. The molecule has 2 aromatic heterocycles. The van der Waals surface area contributed by atoms with Gasteiger partial charge in [-0.3, -0.25) is 4.79 Å². The van der Waals surface area contributed by atoms with Crippen molar-refractivity contribution in [2.45, 2.75) is 38.9 Å². The fraction of sp³-hybridized carbons (Fsp3) is 0.389. The van der Waals surface area contributed by atoms with Gasteiger partial charge in [0.15, 0.2) is 5.15 Å². The molecule has 0 unspecified atom stereocenters. The first-order chi connectivity index (χ1) is 24.4. The molecule has 264 valence electrons. The summed E-state index contributed by atoms with van der Waals surface area (Å²) in [7, 11) is 0. The number of nitrogens with one attached hydrogen (secondary N) is 3. The Morgan fingerprint density at radius 1 is 0.680 bits per heavy atom. The van der Waals surface area contributed by atoms with E-state index in [9.17, 15) is 14.4 Å². The van der Waals surface area contributed by atoms with Crippen LogP contribution in [0.4, 0.5) is 21.2 Å². The van der Waals surface area contributed by atoms with Crippen molar-refractivity contribution in [3.05, 3.63) is 112 Å². The minimum atomic E-state index is -0.252. The number of halogens is 1. The Bertz CT molecular complexity index is 1640. The number of amides is 2. The quantitative estimate of drug-likeness (QED) is 0.184. The Morgan fingerprint density at radius 3 is 1.60 bits per heavy atom. The number of aromatic nitrogens is 4. The molecule has 0 bridgehead atoms. The lowest BCUT2D eigenvalue weighted by atomic mass is 9.97. The van der Waals surface area contributed by atoms with E-state index < -0.39 is 0 Å². The van der Waals surface area contributed by atoms with Crippen LogP contribution in [0.3, 0.4) is 0 Å². The number of aromatic amines is 1. The van der Waals surface area contributed by atoms with E-state index in [1.54, 1.807) is 21.9 Å². The van der Waals surface area contributed by atoms with Crippen LogP contribution in [0.1, 0.15) is 36.8 Å².